The molecule has 0 aliphatic carbocycles. The Morgan fingerprint density at radius 1 is 1.50 bits per heavy atom. The van der Waals surface area contributed by atoms with Crippen molar-refractivity contribution in [3.8, 4) is 0 Å². The largest absolute Gasteiger partial charge is 0.478 e. The number of anilines is 1. The summed E-state index contributed by atoms with van der Waals surface area (Å²) < 4.78 is 30.0. The molecule has 0 aliphatic heterocycles. The summed E-state index contributed by atoms with van der Waals surface area (Å²) in [7, 11) is -2.17. The highest BCUT2D eigenvalue weighted by Gasteiger charge is 2.13. The van der Waals surface area contributed by atoms with Gasteiger partial charge in [0, 0.05) is 12.8 Å². The molecule has 100 valence electrons. The summed E-state index contributed by atoms with van der Waals surface area (Å²) in [6.45, 7) is 0.0503. The van der Waals surface area contributed by atoms with Crippen LogP contribution in [0.25, 0.3) is 0 Å². The molecule has 0 aliphatic rings. The highest BCUT2D eigenvalue weighted by molar-refractivity contribution is 7.92. The first-order valence-corrected chi connectivity index (χ1v) is 6.91. The number of carboxylic acid groups (broad SMARTS) is 1. The lowest BCUT2D eigenvalue weighted by Gasteiger charge is -2.08. The molecule has 1 rings (SSSR count). The van der Waals surface area contributed by atoms with Crippen molar-refractivity contribution in [2.24, 2.45) is 0 Å². The van der Waals surface area contributed by atoms with Gasteiger partial charge in [0.1, 0.15) is 0 Å². The summed E-state index contributed by atoms with van der Waals surface area (Å²) in [6, 6.07) is 3.87. The first-order chi connectivity index (χ1) is 8.35. The van der Waals surface area contributed by atoms with E-state index < -0.39 is 16.0 Å². The fourth-order valence-corrected chi connectivity index (χ4v) is 2.35. The predicted octanol–water partition coefficient (Wildman–Crippen LogP) is 1.43. The second kappa shape index (κ2) is 6.03. The number of sulfonamides is 1. The van der Waals surface area contributed by atoms with E-state index >= 15 is 0 Å². The zero-order chi connectivity index (χ0) is 13.8. The van der Waals surface area contributed by atoms with E-state index in [2.05, 4.69) is 9.46 Å². The molecule has 1 aromatic carbocycles. The minimum atomic E-state index is -3.56. The fraction of sp³-hybridized carbons (Fsp3) is 0.300. The molecule has 0 saturated carbocycles. The van der Waals surface area contributed by atoms with Crippen LogP contribution in [0, 0.1) is 0 Å². The van der Waals surface area contributed by atoms with Gasteiger partial charge in [-0.2, -0.15) is 0 Å². The van der Waals surface area contributed by atoms with Gasteiger partial charge in [-0.1, -0.05) is 11.6 Å². The van der Waals surface area contributed by atoms with Gasteiger partial charge in [-0.25, -0.2) is 13.2 Å². The highest BCUT2D eigenvalue weighted by Crippen LogP contribution is 2.21. The molecule has 0 heterocycles. The Bertz CT molecular complexity index is 543. The van der Waals surface area contributed by atoms with Gasteiger partial charge in [0.2, 0.25) is 10.0 Å². The molecule has 0 amide bonds. The van der Waals surface area contributed by atoms with Crippen molar-refractivity contribution < 1.29 is 23.1 Å². The lowest BCUT2D eigenvalue weighted by molar-refractivity contribution is 0.0697. The SMILES string of the molecule is COCCS(=O)(=O)Nc1ccc(Cl)c(C(=O)O)c1. The predicted molar refractivity (Wildman–Crippen MR) is 67.7 cm³/mol. The van der Waals surface area contributed by atoms with E-state index in [1.165, 1.54) is 19.2 Å². The molecule has 0 radical (unpaired) electrons. The molecule has 0 spiro atoms. The smallest absolute Gasteiger partial charge is 0.337 e. The van der Waals surface area contributed by atoms with Gasteiger partial charge >= 0.3 is 5.97 Å². The van der Waals surface area contributed by atoms with E-state index in [0.717, 1.165) is 6.07 Å². The Balaban J connectivity index is 2.92. The van der Waals surface area contributed by atoms with Crippen molar-refractivity contribution in [3.63, 3.8) is 0 Å². The molecule has 18 heavy (non-hydrogen) atoms. The maximum Gasteiger partial charge on any atom is 0.337 e. The third kappa shape index (κ3) is 4.17. The number of ether oxygens (including phenoxy) is 1. The van der Waals surface area contributed by atoms with E-state index in [-0.39, 0.29) is 28.6 Å². The van der Waals surface area contributed by atoms with Crippen LogP contribution in [0.4, 0.5) is 5.69 Å². The van der Waals surface area contributed by atoms with Crippen LogP contribution >= 0.6 is 11.6 Å². The minimum absolute atomic E-state index is 0.0438. The van der Waals surface area contributed by atoms with Crippen LogP contribution in [-0.2, 0) is 14.8 Å². The average molecular weight is 294 g/mol. The molecule has 0 atom stereocenters. The zero-order valence-electron chi connectivity index (χ0n) is 9.51. The number of aromatic carboxylic acids is 1. The Morgan fingerprint density at radius 3 is 2.72 bits per heavy atom. The second-order valence-electron chi connectivity index (χ2n) is 3.41. The van der Waals surface area contributed by atoms with E-state index in [0.29, 0.717) is 0 Å². The molecule has 2 N–H and O–H groups in total. The number of hydrogen-bond acceptors (Lipinski definition) is 4. The van der Waals surface area contributed by atoms with Crippen molar-refractivity contribution in [2.75, 3.05) is 24.2 Å². The number of hydrogen-bond donors (Lipinski definition) is 2. The highest BCUT2D eigenvalue weighted by atomic mass is 35.5. The van der Waals surface area contributed by atoms with Gasteiger partial charge < -0.3 is 9.84 Å². The van der Waals surface area contributed by atoms with Crippen molar-refractivity contribution in [1.82, 2.24) is 0 Å². The monoisotopic (exact) mass is 293 g/mol. The molecule has 0 saturated heterocycles. The third-order valence-corrected chi connectivity index (χ3v) is 3.61. The summed E-state index contributed by atoms with van der Waals surface area (Å²) in [4.78, 5) is 10.8. The van der Waals surface area contributed by atoms with E-state index in [1.807, 2.05) is 0 Å². The number of rotatable bonds is 6. The number of benzene rings is 1. The van der Waals surface area contributed by atoms with Crippen LogP contribution < -0.4 is 4.72 Å². The summed E-state index contributed by atoms with van der Waals surface area (Å²) in [5.74, 6) is -1.44. The Labute approximate surface area is 110 Å². The maximum absolute atomic E-state index is 11.6. The molecule has 0 aromatic heterocycles. The van der Waals surface area contributed by atoms with Gasteiger partial charge in [-0.3, -0.25) is 4.72 Å². The number of carboxylic acids is 1. The van der Waals surface area contributed by atoms with E-state index in [9.17, 15) is 13.2 Å². The van der Waals surface area contributed by atoms with Gasteiger partial charge in [0.25, 0.3) is 0 Å². The Morgan fingerprint density at radius 2 is 2.17 bits per heavy atom. The van der Waals surface area contributed by atoms with Crippen molar-refractivity contribution in [1.29, 1.82) is 0 Å². The van der Waals surface area contributed by atoms with Crippen LogP contribution in [0.2, 0.25) is 5.02 Å². The van der Waals surface area contributed by atoms with Crippen LogP contribution in [-0.4, -0.2) is 39.0 Å². The van der Waals surface area contributed by atoms with Crippen molar-refractivity contribution in [2.45, 2.75) is 0 Å². The van der Waals surface area contributed by atoms with Crippen molar-refractivity contribution >= 4 is 33.3 Å². The molecule has 8 heteroatoms. The maximum atomic E-state index is 11.6. The number of halogens is 1. The van der Waals surface area contributed by atoms with E-state index in [1.54, 1.807) is 0 Å². The molecular formula is C10H12ClNO5S. The molecule has 1 aromatic rings. The lowest BCUT2D eigenvalue weighted by atomic mass is 10.2. The Hall–Kier alpha value is -1.31. The Kier molecular flexibility index (Phi) is 4.94. The van der Waals surface area contributed by atoms with E-state index in [4.69, 9.17) is 16.7 Å². The van der Waals surface area contributed by atoms with Gasteiger partial charge in [-0.15, -0.1) is 0 Å². The summed E-state index contributed by atoms with van der Waals surface area (Å²) in [6.07, 6.45) is 0. The summed E-state index contributed by atoms with van der Waals surface area (Å²) >= 11 is 5.67. The fourth-order valence-electron chi connectivity index (χ4n) is 1.18. The molecule has 6 nitrogen and oxygen atoms in total. The third-order valence-electron chi connectivity index (χ3n) is 2.03. The number of carbonyl (C=O) groups is 1. The molecule has 0 bridgehead atoms. The van der Waals surface area contributed by atoms with Crippen molar-refractivity contribution in [3.05, 3.63) is 28.8 Å². The zero-order valence-corrected chi connectivity index (χ0v) is 11.1. The average Bonchev–Trinajstić information content (AvgIpc) is 2.28. The van der Waals surface area contributed by atoms with Crippen LogP contribution in [0.1, 0.15) is 10.4 Å². The van der Waals surface area contributed by atoms with Gasteiger partial charge in [0.05, 0.1) is 22.9 Å². The minimum Gasteiger partial charge on any atom is -0.478 e. The standard InChI is InChI=1S/C10H12ClNO5S/c1-17-4-5-18(15,16)12-7-2-3-9(11)8(6-7)10(13)14/h2-3,6,12H,4-5H2,1H3,(H,13,14). The second-order valence-corrected chi connectivity index (χ2v) is 5.66. The van der Waals surface area contributed by atoms with Crippen LogP contribution in [0.3, 0.4) is 0 Å². The quantitative estimate of drug-likeness (QED) is 0.827. The topological polar surface area (TPSA) is 92.7 Å². The van der Waals surface area contributed by atoms with Crippen LogP contribution in [0.5, 0.6) is 0 Å². The summed E-state index contributed by atoms with van der Waals surface area (Å²) in [5.41, 5.74) is -0.0171. The molecule has 0 unspecified atom stereocenters. The first kappa shape index (κ1) is 14.7. The summed E-state index contributed by atoms with van der Waals surface area (Å²) in [5, 5.41) is 8.89. The molecule has 0 fully saturated rings. The molecular weight excluding hydrogens is 282 g/mol. The van der Waals surface area contributed by atoms with Gasteiger partial charge in [0.15, 0.2) is 0 Å². The first-order valence-electron chi connectivity index (χ1n) is 4.88. The van der Waals surface area contributed by atoms with Crippen LogP contribution in [0.15, 0.2) is 18.2 Å². The lowest BCUT2D eigenvalue weighted by Crippen LogP contribution is -2.19. The normalized spacial score (nSPS) is 11.2. The number of methoxy groups -OCH3 is 1. The number of nitrogens with one attached hydrogen (secondary N) is 1. The van der Waals surface area contributed by atoms with Gasteiger partial charge in [-0.05, 0) is 18.2 Å².